The molecule has 1 amide bonds. The van der Waals surface area contributed by atoms with Gasteiger partial charge in [-0.15, -0.1) is 5.10 Å². The number of nitrogens with zero attached hydrogens (tertiary/aromatic N) is 7. The van der Waals surface area contributed by atoms with E-state index in [-0.39, 0.29) is 5.91 Å². The van der Waals surface area contributed by atoms with Gasteiger partial charge in [-0.25, -0.2) is 9.97 Å². The largest absolute Gasteiger partial charge is 0.497 e. The maximum atomic E-state index is 12.8. The molecule has 2 aromatic carbocycles. The Kier molecular flexibility index (Phi) is 5.44. The monoisotopic (exact) mass is 493 g/mol. The van der Waals surface area contributed by atoms with Gasteiger partial charge in [-0.2, -0.15) is 4.68 Å². The molecule has 0 N–H and O–H groups in total. The number of aromatic nitrogens is 5. The molecule has 0 unspecified atom stereocenters. The van der Waals surface area contributed by atoms with Gasteiger partial charge in [0.15, 0.2) is 17.0 Å². The van der Waals surface area contributed by atoms with Gasteiger partial charge in [0, 0.05) is 36.2 Å². The van der Waals surface area contributed by atoms with Crippen LogP contribution in [0.4, 0.5) is 5.82 Å². The number of ether oxygens (including phenoxy) is 1. The average molecular weight is 494 g/mol. The van der Waals surface area contributed by atoms with E-state index >= 15 is 0 Å². The second kappa shape index (κ2) is 8.54. The number of anilines is 1. The summed E-state index contributed by atoms with van der Waals surface area (Å²) in [7, 11) is 1.63. The van der Waals surface area contributed by atoms with Crippen LogP contribution in [0.1, 0.15) is 10.4 Å². The number of halogens is 1. The molecule has 0 atom stereocenters. The number of piperazine rings is 1. The lowest BCUT2D eigenvalue weighted by atomic mass is 10.2. The van der Waals surface area contributed by atoms with Crippen molar-refractivity contribution < 1.29 is 9.53 Å². The van der Waals surface area contributed by atoms with Crippen LogP contribution in [0.2, 0.25) is 0 Å². The van der Waals surface area contributed by atoms with Crippen molar-refractivity contribution in [1.82, 2.24) is 29.9 Å². The molecular weight excluding hydrogens is 474 g/mol. The quantitative estimate of drug-likeness (QED) is 0.431. The Hall–Kier alpha value is -3.53. The highest BCUT2D eigenvalue weighted by molar-refractivity contribution is 9.10. The molecule has 162 valence electrons. The lowest BCUT2D eigenvalue weighted by Crippen LogP contribution is -2.49. The molecule has 32 heavy (non-hydrogen) atoms. The standard InChI is InChI=1S/C22H20BrN7O2/c1-32-18-7-5-17(6-8-18)30-21-19(26-27-30)20(24-14-25-21)28-9-11-29(12-10-28)22(31)15-3-2-4-16(23)13-15/h2-8,13-14H,9-12H2,1H3. The molecule has 1 aliphatic rings. The van der Waals surface area contributed by atoms with Crippen molar-refractivity contribution in [3.05, 3.63) is 64.9 Å². The van der Waals surface area contributed by atoms with E-state index in [4.69, 9.17) is 4.74 Å². The highest BCUT2D eigenvalue weighted by Crippen LogP contribution is 2.25. The first-order valence-corrected chi connectivity index (χ1v) is 10.9. The second-order valence-electron chi connectivity index (χ2n) is 7.36. The fourth-order valence-corrected chi connectivity index (χ4v) is 4.19. The molecule has 0 radical (unpaired) electrons. The number of benzene rings is 2. The molecule has 0 bridgehead atoms. The third kappa shape index (κ3) is 3.77. The Balaban J connectivity index is 1.36. The number of hydrogen-bond acceptors (Lipinski definition) is 7. The molecule has 0 spiro atoms. The minimum absolute atomic E-state index is 0.0317. The van der Waals surface area contributed by atoms with Crippen LogP contribution in [0.3, 0.4) is 0 Å². The molecule has 0 aliphatic carbocycles. The lowest BCUT2D eigenvalue weighted by molar-refractivity contribution is 0.0746. The highest BCUT2D eigenvalue weighted by Gasteiger charge is 2.25. The van der Waals surface area contributed by atoms with E-state index in [0.717, 1.165) is 21.7 Å². The van der Waals surface area contributed by atoms with Crippen molar-refractivity contribution in [3.8, 4) is 11.4 Å². The molecule has 4 aromatic rings. The third-order valence-electron chi connectivity index (χ3n) is 5.47. The van der Waals surface area contributed by atoms with Crippen LogP contribution in [-0.2, 0) is 0 Å². The molecule has 3 heterocycles. The molecule has 5 rings (SSSR count). The van der Waals surface area contributed by atoms with Gasteiger partial charge in [-0.05, 0) is 42.5 Å². The van der Waals surface area contributed by atoms with Gasteiger partial charge in [-0.3, -0.25) is 4.79 Å². The summed E-state index contributed by atoms with van der Waals surface area (Å²) in [5.41, 5.74) is 2.78. The van der Waals surface area contributed by atoms with E-state index in [1.165, 1.54) is 6.33 Å². The second-order valence-corrected chi connectivity index (χ2v) is 8.27. The van der Waals surface area contributed by atoms with Crippen LogP contribution in [0.25, 0.3) is 16.9 Å². The van der Waals surface area contributed by atoms with Crippen molar-refractivity contribution in [3.63, 3.8) is 0 Å². The van der Waals surface area contributed by atoms with Crippen LogP contribution in [0, 0.1) is 0 Å². The smallest absolute Gasteiger partial charge is 0.254 e. The van der Waals surface area contributed by atoms with E-state index in [9.17, 15) is 4.79 Å². The summed E-state index contributed by atoms with van der Waals surface area (Å²) < 4.78 is 7.81. The Bertz CT molecular complexity index is 1270. The van der Waals surface area contributed by atoms with E-state index in [2.05, 4.69) is 41.1 Å². The number of carbonyl (C=O) groups is 1. The number of carbonyl (C=O) groups excluding carboxylic acids is 1. The van der Waals surface area contributed by atoms with Crippen LogP contribution in [0.15, 0.2) is 59.3 Å². The molecule has 9 nitrogen and oxygen atoms in total. The zero-order valence-corrected chi connectivity index (χ0v) is 18.9. The first-order valence-electron chi connectivity index (χ1n) is 10.1. The molecular formula is C22H20BrN7O2. The SMILES string of the molecule is COc1ccc(-n2nnc3c(N4CCN(C(=O)c5cccc(Br)c5)CC4)ncnc32)cc1. The predicted molar refractivity (Wildman–Crippen MR) is 123 cm³/mol. The number of amides is 1. The van der Waals surface area contributed by atoms with Gasteiger partial charge in [0.25, 0.3) is 5.91 Å². The summed E-state index contributed by atoms with van der Waals surface area (Å²) in [5, 5.41) is 8.65. The van der Waals surface area contributed by atoms with Gasteiger partial charge in [0.1, 0.15) is 12.1 Å². The third-order valence-corrected chi connectivity index (χ3v) is 5.97. The van der Waals surface area contributed by atoms with Gasteiger partial charge in [0.05, 0.1) is 12.8 Å². The van der Waals surface area contributed by atoms with Gasteiger partial charge >= 0.3 is 0 Å². The normalized spacial score (nSPS) is 14.1. The van der Waals surface area contributed by atoms with E-state index in [1.54, 1.807) is 11.8 Å². The lowest BCUT2D eigenvalue weighted by Gasteiger charge is -2.35. The van der Waals surface area contributed by atoms with Gasteiger partial charge < -0.3 is 14.5 Å². The Labute approximate surface area is 192 Å². The van der Waals surface area contributed by atoms with Crippen molar-refractivity contribution >= 4 is 38.8 Å². The summed E-state index contributed by atoms with van der Waals surface area (Å²) >= 11 is 3.43. The van der Waals surface area contributed by atoms with Gasteiger partial charge in [-0.1, -0.05) is 27.2 Å². The highest BCUT2D eigenvalue weighted by atomic mass is 79.9. The molecule has 2 aromatic heterocycles. The molecule has 10 heteroatoms. The summed E-state index contributed by atoms with van der Waals surface area (Å²) in [6.45, 7) is 2.51. The van der Waals surface area contributed by atoms with Crippen molar-refractivity contribution in [2.45, 2.75) is 0 Å². The van der Waals surface area contributed by atoms with Gasteiger partial charge in [0.2, 0.25) is 0 Å². The summed E-state index contributed by atoms with van der Waals surface area (Å²) in [6.07, 6.45) is 1.53. The van der Waals surface area contributed by atoms with Crippen LogP contribution in [-0.4, -0.2) is 69.1 Å². The maximum Gasteiger partial charge on any atom is 0.254 e. The van der Waals surface area contributed by atoms with E-state index < -0.39 is 0 Å². The Morgan fingerprint density at radius 1 is 1.03 bits per heavy atom. The van der Waals surface area contributed by atoms with Crippen molar-refractivity contribution in [2.24, 2.45) is 0 Å². The van der Waals surface area contributed by atoms with Crippen LogP contribution >= 0.6 is 15.9 Å². The number of fused-ring (bicyclic) bond motifs is 1. The Morgan fingerprint density at radius 2 is 1.81 bits per heavy atom. The minimum atomic E-state index is 0.0317. The zero-order chi connectivity index (χ0) is 22.1. The van der Waals surface area contributed by atoms with Crippen molar-refractivity contribution in [2.75, 3.05) is 38.2 Å². The number of hydrogen-bond donors (Lipinski definition) is 0. The first kappa shape index (κ1) is 20.4. The molecule has 1 aliphatic heterocycles. The summed E-state index contributed by atoms with van der Waals surface area (Å²) in [4.78, 5) is 25.7. The Morgan fingerprint density at radius 3 is 2.53 bits per heavy atom. The van der Waals surface area contributed by atoms with Crippen molar-refractivity contribution in [1.29, 1.82) is 0 Å². The summed E-state index contributed by atoms with van der Waals surface area (Å²) in [6, 6.07) is 15.0. The molecule has 0 saturated carbocycles. The molecule has 1 fully saturated rings. The average Bonchev–Trinajstić information content (AvgIpc) is 3.28. The fraction of sp³-hybridized carbons (Fsp3) is 0.227. The zero-order valence-electron chi connectivity index (χ0n) is 17.3. The van der Waals surface area contributed by atoms with E-state index in [0.29, 0.717) is 42.9 Å². The van der Waals surface area contributed by atoms with Crippen LogP contribution in [0.5, 0.6) is 5.75 Å². The predicted octanol–water partition coefficient (Wildman–Crippen LogP) is 2.94. The number of methoxy groups -OCH3 is 1. The minimum Gasteiger partial charge on any atom is -0.497 e. The summed E-state index contributed by atoms with van der Waals surface area (Å²) in [5.74, 6) is 1.53. The maximum absolute atomic E-state index is 12.8. The molecule has 1 saturated heterocycles. The number of rotatable bonds is 4. The first-order chi connectivity index (χ1) is 15.6. The van der Waals surface area contributed by atoms with E-state index in [1.807, 2.05) is 53.4 Å². The topological polar surface area (TPSA) is 89.3 Å². The fourth-order valence-electron chi connectivity index (χ4n) is 3.79. The van der Waals surface area contributed by atoms with Crippen LogP contribution < -0.4 is 9.64 Å².